The van der Waals surface area contributed by atoms with Crippen LogP contribution in [0.3, 0.4) is 0 Å². The van der Waals surface area contributed by atoms with Gasteiger partial charge >= 0.3 is 0 Å². The molecule has 1 N–H and O–H groups in total. The Bertz CT molecular complexity index is 235. The largest absolute Gasteiger partial charge is 0.383 e. The van der Waals surface area contributed by atoms with Crippen LogP contribution in [0.4, 0.5) is 0 Å². The number of hydrogen-bond acceptors (Lipinski definition) is 4. The zero-order valence-corrected chi connectivity index (χ0v) is 10.5. The maximum absolute atomic E-state index is 12.2. The highest BCUT2D eigenvalue weighted by molar-refractivity contribution is 5.80. The number of methoxy groups -OCH3 is 1. The molecule has 0 radical (unpaired) electrons. The second kappa shape index (κ2) is 6.18. The number of likely N-dealkylation sites (N-methyl/N-ethyl adjacent to an activating group) is 2. The first-order chi connectivity index (χ1) is 7.61. The molecule has 1 heterocycles. The Balaban J connectivity index is 2.55. The van der Waals surface area contributed by atoms with Crippen LogP contribution in [-0.4, -0.2) is 63.9 Å². The first kappa shape index (κ1) is 13.4. The highest BCUT2D eigenvalue weighted by Gasteiger charge is 2.35. The van der Waals surface area contributed by atoms with Crippen LogP contribution in [-0.2, 0) is 14.3 Å². The fraction of sp³-hybridized carbons (Fsp3) is 0.909. The van der Waals surface area contributed by atoms with Gasteiger partial charge in [-0.25, -0.2) is 0 Å². The molecule has 3 atom stereocenters. The SMILES string of the molecule is CNC1COCC1C(=O)N(C)C(C)COC. The number of ether oxygens (including phenoxy) is 2. The smallest absolute Gasteiger partial charge is 0.229 e. The van der Waals surface area contributed by atoms with E-state index in [2.05, 4.69) is 5.32 Å². The number of hydrogen-bond donors (Lipinski definition) is 1. The van der Waals surface area contributed by atoms with Crippen LogP contribution in [0.5, 0.6) is 0 Å². The van der Waals surface area contributed by atoms with Crippen molar-refractivity contribution in [2.75, 3.05) is 41.0 Å². The summed E-state index contributed by atoms with van der Waals surface area (Å²) in [6, 6.07) is 0.223. The maximum Gasteiger partial charge on any atom is 0.229 e. The van der Waals surface area contributed by atoms with E-state index in [1.165, 1.54) is 0 Å². The second-order valence-corrected chi connectivity index (χ2v) is 4.29. The minimum Gasteiger partial charge on any atom is -0.383 e. The minimum absolute atomic E-state index is 0.0747. The lowest BCUT2D eigenvalue weighted by atomic mass is 10.0. The van der Waals surface area contributed by atoms with E-state index in [0.717, 1.165) is 0 Å². The number of rotatable bonds is 5. The minimum atomic E-state index is -0.0747. The molecule has 1 saturated heterocycles. The van der Waals surface area contributed by atoms with E-state index in [0.29, 0.717) is 19.8 Å². The summed E-state index contributed by atoms with van der Waals surface area (Å²) >= 11 is 0. The van der Waals surface area contributed by atoms with Crippen molar-refractivity contribution in [2.24, 2.45) is 5.92 Å². The van der Waals surface area contributed by atoms with Crippen molar-refractivity contribution in [2.45, 2.75) is 19.0 Å². The van der Waals surface area contributed by atoms with Gasteiger partial charge in [0.05, 0.1) is 31.8 Å². The fourth-order valence-electron chi connectivity index (χ4n) is 1.91. The van der Waals surface area contributed by atoms with Gasteiger partial charge in [0.25, 0.3) is 0 Å². The van der Waals surface area contributed by atoms with E-state index < -0.39 is 0 Å². The Labute approximate surface area is 97.1 Å². The van der Waals surface area contributed by atoms with Crippen molar-refractivity contribution >= 4 is 5.91 Å². The molecule has 1 fully saturated rings. The fourth-order valence-corrected chi connectivity index (χ4v) is 1.91. The maximum atomic E-state index is 12.2. The van der Waals surface area contributed by atoms with Gasteiger partial charge in [-0.2, -0.15) is 0 Å². The molecule has 16 heavy (non-hydrogen) atoms. The molecule has 0 aromatic carbocycles. The quantitative estimate of drug-likeness (QED) is 0.705. The number of nitrogens with one attached hydrogen (secondary N) is 1. The van der Waals surface area contributed by atoms with Crippen molar-refractivity contribution < 1.29 is 14.3 Å². The van der Waals surface area contributed by atoms with E-state index in [-0.39, 0.29) is 23.9 Å². The summed E-state index contributed by atoms with van der Waals surface area (Å²) in [6.45, 7) is 3.65. The zero-order valence-electron chi connectivity index (χ0n) is 10.5. The van der Waals surface area contributed by atoms with Gasteiger partial charge in [0, 0.05) is 20.2 Å². The molecule has 1 amide bonds. The normalized spacial score (nSPS) is 26.8. The summed E-state index contributed by atoms with van der Waals surface area (Å²) in [7, 11) is 5.32. The standard InChI is InChI=1S/C11H22N2O3/c1-8(5-15-4)13(3)11(14)9-6-16-7-10(9)12-2/h8-10,12H,5-7H2,1-4H3. The van der Waals surface area contributed by atoms with Crippen molar-refractivity contribution in [3.05, 3.63) is 0 Å². The van der Waals surface area contributed by atoms with Gasteiger partial charge in [-0.05, 0) is 14.0 Å². The first-order valence-corrected chi connectivity index (χ1v) is 5.62. The van der Waals surface area contributed by atoms with E-state index in [1.54, 1.807) is 12.0 Å². The number of nitrogens with zero attached hydrogens (tertiary/aromatic N) is 1. The number of carbonyl (C=O) groups excluding carboxylic acids is 1. The molecule has 1 aliphatic heterocycles. The predicted molar refractivity (Wildman–Crippen MR) is 61.3 cm³/mol. The Morgan fingerprint density at radius 1 is 1.62 bits per heavy atom. The molecule has 0 aliphatic carbocycles. The molecule has 94 valence electrons. The van der Waals surface area contributed by atoms with Crippen LogP contribution >= 0.6 is 0 Å². The molecule has 5 nitrogen and oxygen atoms in total. The van der Waals surface area contributed by atoms with Crippen LogP contribution in [0, 0.1) is 5.92 Å². The third-order valence-corrected chi connectivity index (χ3v) is 3.19. The molecular weight excluding hydrogens is 208 g/mol. The lowest BCUT2D eigenvalue weighted by molar-refractivity contribution is -0.137. The van der Waals surface area contributed by atoms with Crippen LogP contribution in [0.15, 0.2) is 0 Å². The summed E-state index contributed by atoms with van der Waals surface area (Å²) in [4.78, 5) is 13.9. The van der Waals surface area contributed by atoms with E-state index in [1.807, 2.05) is 21.0 Å². The molecule has 0 saturated carbocycles. The summed E-state index contributed by atoms with van der Waals surface area (Å²) in [5.74, 6) is 0.0516. The summed E-state index contributed by atoms with van der Waals surface area (Å²) < 4.78 is 10.4. The molecular formula is C11H22N2O3. The van der Waals surface area contributed by atoms with Gasteiger partial charge in [0.15, 0.2) is 0 Å². The van der Waals surface area contributed by atoms with E-state index in [4.69, 9.17) is 9.47 Å². The van der Waals surface area contributed by atoms with Crippen LogP contribution in [0.25, 0.3) is 0 Å². The average molecular weight is 230 g/mol. The summed E-state index contributed by atoms with van der Waals surface area (Å²) in [5, 5.41) is 3.12. The third kappa shape index (κ3) is 2.93. The highest BCUT2D eigenvalue weighted by Crippen LogP contribution is 2.17. The van der Waals surface area contributed by atoms with E-state index in [9.17, 15) is 4.79 Å². The summed E-state index contributed by atoms with van der Waals surface area (Å²) in [6.07, 6.45) is 0. The second-order valence-electron chi connectivity index (χ2n) is 4.29. The topological polar surface area (TPSA) is 50.8 Å². The summed E-state index contributed by atoms with van der Waals surface area (Å²) in [5.41, 5.74) is 0. The number of amides is 1. The Morgan fingerprint density at radius 3 is 2.88 bits per heavy atom. The molecule has 0 spiro atoms. The van der Waals surface area contributed by atoms with Crippen LogP contribution in [0.1, 0.15) is 6.92 Å². The van der Waals surface area contributed by atoms with Crippen molar-refractivity contribution in [1.82, 2.24) is 10.2 Å². The Hall–Kier alpha value is -0.650. The molecule has 0 aromatic rings. The van der Waals surface area contributed by atoms with Crippen LogP contribution < -0.4 is 5.32 Å². The average Bonchev–Trinajstić information content (AvgIpc) is 2.75. The Kier molecular flexibility index (Phi) is 5.18. The lowest BCUT2D eigenvalue weighted by Gasteiger charge is -2.28. The molecule has 0 aromatic heterocycles. The van der Waals surface area contributed by atoms with E-state index >= 15 is 0 Å². The predicted octanol–water partition coefficient (Wildman–Crippen LogP) is -0.286. The van der Waals surface area contributed by atoms with Gasteiger partial charge in [-0.1, -0.05) is 0 Å². The van der Waals surface area contributed by atoms with Gasteiger partial charge in [0.1, 0.15) is 0 Å². The monoisotopic (exact) mass is 230 g/mol. The third-order valence-electron chi connectivity index (χ3n) is 3.19. The van der Waals surface area contributed by atoms with Crippen molar-refractivity contribution in [1.29, 1.82) is 0 Å². The molecule has 0 bridgehead atoms. The highest BCUT2D eigenvalue weighted by atomic mass is 16.5. The molecule has 1 aliphatic rings. The molecule has 3 unspecified atom stereocenters. The lowest BCUT2D eigenvalue weighted by Crippen LogP contribution is -2.47. The van der Waals surface area contributed by atoms with Gasteiger partial charge < -0.3 is 19.7 Å². The van der Waals surface area contributed by atoms with Crippen molar-refractivity contribution in [3.63, 3.8) is 0 Å². The first-order valence-electron chi connectivity index (χ1n) is 5.62. The van der Waals surface area contributed by atoms with Crippen molar-refractivity contribution in [3.8, 4) is 0 Å². The zero-order chi connectivity index (χ0) is 12.1. The Morgan fingerprint density at radius 2 is 2.31 bits per heavy atom. The number of carbonyl (C=O) groups is 1. The van der Waals surface area contributed by atoms with Gasteiger partial charge in [0.2, 0.25) is 5.91 Å². The van der Waals surface area contributed by atoms with Gasteiger partial charge in [-0.15, -0.1) is 0 Å². The molecule has 1 rings (SSSR count). The molecule has 5 heteroatoms. The van der Waals surface area contributed by atoms with Gasteiger partial charge in [-0.3, -0.25) is 4.79 Å². The van der Waals surface area contributed by atoms with Crippen LogP contribution in [0.2, 0.25) is 0 Å².